The number of hydrogen-bond acceptors (Lipinski definition) is 3. The predicted octanol–water partition coefficient (Wildman–Crippen LogP) is 3.99. The van der Waals surface area contributed by atoms with Crippen LogP contribution in [-0.4, -0.2) is 15.5 Å². The molecule has 1 heterocycles. The van der Waals surface area contributed by atoms with E-state index in [4.69, 9.17) is 23.2 Å². The molecular formula is C18H12Cl2FN3O2. The van der Waals surface area contributed by atoms with Crippen molar-refractivity contribution in [2.24, 2.45) is 0 Å². The van der Waals surface area contributed by atoms with E-state index in [9.17, 15) is 14.0 Å². The molecule has 1 amide bonds. The molecule has 0 aliphatic heterocycles. The first-order valence-corrected chi connectivity index (χ1v) is 8.25. The summed E-state index contributed by atoms with van der Waals surface area (Å²) in [5.74, 6) is -0.813. The summed E-state index contributed by atoms with van der Waals surface area (Å²) in [5.41, 5.74) is 0.988. The van der Waals surface area contributed by atoms with Gasteiger partial charge in [-0.15, -0.1) is 0 Å². The van der Waals surface area contributed by atoms with Gasteiger partial charge in [-0.1, -0.05) is 23.2 Å². The maximum Gasteiger partial charge on any atom is 0.254 e. The van der Waals surface area contributed by atoms with Crippen molar-refractivity contribution in [3.8, 4) is 11.3 Å². The van der Waals surface area contributed by atoms with Crippen molar-refractivity contribution in [1.82, 2.24) is 9.55 Å². The van der Waals surface area contributed by atoms with Crippen molar-refractivity contribution in [3.63, 3.8) is 0 Å². The molecule has 0 aliphatic rings. The highest BCUT2D eigenvalue weighted by atomic mass is 35.5. The summed E-state index contributed by atoms with van der Waals surface area (Å²) in [7, 11) is 0. The first-order chi connectivity index (χ1) is 12.4. The summed E-state index contributed by atoms with van der Waals surface area (Å²) >= 11 is 11.8. The van der Waals surface area contributed by atoms with Crippen molar-refractivity contribution in [1.29, 1.82) is 0 Å². The SMILES string of the molecule is O=C(Cn1cnc(-c2ccc(F)cc2)cc1=O)Nc1ccc(Cl)cc1Cl. The van der Waals surface area contributed by atoms with Crippen LogP contribution in [0.5, 0.6) is 0 Å². The first kappa shape index (κ1) is 18.1. The van der Waals surface area contributed by atoms with Gasteiger partial charge in [0.2, 0.25) is 5.91 Å². The zero-order valence-corrected chi connectivity index (χ0v) is 14.8. The summed E-state index contributed by atoms with van der Waals surface area (Å²) < 4.78 is 14.1. The van der Waals surface area contributed by atoms with Gasteiger partial charge >= 0.3 is 0 Å². The average Bonchev–Trinajstić information content (AvgIpc) is 2.60. The minimum atomic E-state index is -0.437. The van der Waals surface area contributed by atoms with Crippen molar-refractivity contribution in [3.05, 3.63) is 81.1 Å². The van der Waals surface area contributed by atoms with Gasteiger partial charge in [0.1, 0.15) is 12.4 Å². The lowest BCUT2D eigenvalue weighted by Gasteiger charge is -2.09. The Balaban J connectivity index is 1.74. The van der Waals surface area contributed by atoms with Gasteiger partial charge in [0.15, 0.2) is 0 Å². The second-order valence-corrected chi connectivity index (χ2v) is 6.26. The van der Waals surface area contributed by atoms with Gasteiger partial charge in [0.05, 0.1) is 22.7 Å². The maximum atomic E-state index is 13.0. The van der Waals surface area contributed by atoms with Crippen LogP contribution in [0.15, 0.2) is 59.7 Å². The third-order valence-corrected chi connectivity index (χ3v) is 4.09. The molecule has 0 spiro atoms. The van der Waals surface area contributed by atoms with E-state index in [0.29, 0.717) is 27.0 Å². The Hall–Kier alpha value is -2.70. The molecule has 8 heteroatoms. The Morgan fingerprint density at radius 1 is 1.12 bits per heavy atom. The number of nitrogens with zero attached hydrogens (tertiary/aromatic N) is 2. The highest BCUT2D eigenvalue weighted by Crippen LogP contribution is 2.25. The molecule has 0 radical (unpaired) electrons. The van der Waals surface area contributed by atoms with Gasteiger partial charge in [-0.05, 0) is 42.5 Å². The van der Waals surface area contributed by atoms with Crippen LogP contribution in [0, 0.1) is 5.82 Å². The molecule has 0 bridgehead atoms. The molecule has 0 saturated carbocycles. The fraction of sp³-hybridized carbons (Fsp3) is 0.0556. The molecule has 0 fully saturated rings. The van der Waals surface area contributed by atoms with E-state index in [-0.39, 0.29) is 12.4 Å². The first-order valence-electron chi connectivity index (χ1n) is 7.50. The van der Waals surface area contributed by atoms with Gasteiger partial charge in [0.25, 0.3) is 5.56 Å². The second-order valence-electron chi connectivity index (χ2n) is 5.42. The molecule has 26 heavy (non-hydrogen) atoms. The second kappa shape index (κ2) is 7.68. The Morgan fingerprint density at radius 2 is 1.85 bits per heavy atom. The van der Waals surface area contributed by atoms with Gasteiger partial charge < -0.3 is 5.32 Å². The van der Waals surface area contributed by atoms with Crippen LogP contribution >= 0.6 is 23.2 Å². The number of nitrogens with one attached hydrogen (secondary N) is 1. The van der Waals surface area contributed by atoms with E-state index in [1.165, 1.54) is 42.7 Å². The van der Waals surface area contributed by atoms with Gasteiger partial charge in [0, 0.05) is 16.7 Å². The zero-order chi connectivity index (χ0) is 18.7. The van der Waals surface area contributed by atoms with Crippen LogP contribution in [0.1, 0.15) is 0 Å². The molecule has 0 saturated heterocycles. The molecule has 2 aromatic carbocycles. The Kier molecular flexibility index (Phi) is 5.35. The molecule has 0 unspecified atom stereocenters. The lowest BCUT2D eigenvalue weighted by molar-refractivity contribution is -0.116. The number of carbonyl (C=O) groups is 1. The van der Waals surface area contributed by atoms with Gasteiger partial charge in [-0.25, -0.2) is 9.37 Å². The van der Waals surface area contributed by atoms with Crippen molar-refractivity contribution in [2.75, 3.05) is 5.32 Å². The minimum Gasteiger partial charge on any atom is -0.323 e. The number of amides is 1. The Labute approximate surface area is 158 Å². The highest BCUT2D eigenvalue weighted by molar-refractivity contribution is 6.36. The fourth-order valence-corrected chi connectivity index (χ4v) is 2.71. The number of carbonyl (C=O) groups excluding carboxylic acids is 1. The third kappa shape index (κ3) is 4.28. The van der Waals surface area contributed by atoms with Crippen molar-refractivity contribution < 1.29 is 9.18 Å². The molecule has 0 aliphatic carbocycles. The fourth-order valence-electron chi connectivity index (χ4n) is 2.26. The normalized spacial score (nSPS) is 10.6. The van der Waals surface area contributed by atoms with E-state index in [1.54, 1.807) is 12.1 Å². The molecular weight excluding hydrogens is 380 g/mol. The topological polar surface area (TPSA) is 64.0 Å². The summed E-state index contributed by atoms with van der Waals surface area (Å²) in [6.45, 7) is -0.228. The Morgan fingerprint density at radius 3 is 2.50 bits per heavy atom. The van der Waals surface area contributed by atoms with E-state index in [1.807, 2.05) is 0 Å². The molecule has 1 aromatic heterocycles. The highest BCUT2D eigenvalue weighted by Gasteiger charge is 2.10. The lowest BCUT2D eigenvalue weighted by Crippen LogP contribution is -2.27. The van der Waals surface area contributed by atoms with Crippen LogP contribution in [0.25, 0.3) is 11.3 Å². The number of anilines is 1. The van der Waals surface area contributed by atoms with Crippen LogP contribution in [0.3, 0.4) is 0 Å². The summed E-state index contributed by atoms with van der Waals surface area (Å²) in [5, 5.41) is 3.35. The summed E-state index contributed by atoms with van der Waals surface area (Å²) in [4.78, 5) is 28.5. The standard InChI is InChI=1S/C18H12Cl2FN3O2/c19-12-3-6-15(14(20)7-12)23-17(25)9-24-10-22-16(8-18(24)26)11-1-4-13(21)5-2-11/h1-8,10H,9H2,(H,23,25). The Bertz CT molecular complexity index is 1020. The van der Waals surface area contributed by atoms with Gasteiger partial charge in [-0.3, -0.25) is 14.2 Å². The molecule has 5 nitrogen and oxygen atoms in total. The van der Waals surface area contributed by atoms with Gasteiger partial charge in [-0.2, -0.15) is 0 Å². The molecule has 1 N–H and O–H groups in total. The number of rotatable bonds is 4. The number of aromatic nitrogens is 2. The molecule has 0 atom stereocenters. The van der Waals surface area contributed by atoms with Crippen LogP contribution < -0.4 is 10.9 Å². The molecule has 3 rings (SSSR count). The van der Waals surface area contributed by atoms with E-state index >= 15 is 0 Å². The third-order valence-electron chi connectivity index (χ3n) is 3.54. The lowest BCUT2D eigenvalue weighted by atomic mass is 10.1. The smallest absolute Gasteiger partial charge is 0.254 e. The number of benzene rings is 2. The van der Waals surface area contributed by atoms with Crippen molar-refractivity contribution in [2.45, 2.75) is 6.54 Å². The quantitative estimate of drug-likeness (QED) is 0.730. The van der Waals surface area contributed by atoms with E-state index < -0.39 is 11.5 Å². The summed E-state index contributed by atoms with van der Waals surface area (Å²) in [6, 6.07) is 11.6. The zero-order valence-electron chi connectivity index (χ0n) is 13.2. The number of halogens is 3. The maximum absolute atomic E-state index is 13.0. The average molecular weight is 392 g/mol. The van der Waals surface area contributed by atoms with Crippen molar-refractivity contribution >= 4 is 34.8 Å². The van der Waals surface area contributed by atoms with E-state index in [0.717, 1.165) is 4.57 Å². The van der Waals surface area contributed by atoms with Crippen LogP contribution in [-0.2, 0) is 11.3 Å². The predicted molar refractivity (Wildman–Crippen MR) is 99.0 cm³/mol. The summed E-state index contributed by atoms with van der Waals surface area (Å²) in [6.07, 6.45) is 1.27. The minimum absolute atomic E-state index is 0.228. The van der Waals surface area contributed by atoms with E-state index in [2.05, 4.69) is 10.3 Å². The molecule has 3 aromatic rings. The monoisotopic (exact) mass is 391 g/mol. The van der Waals surface area contributed by atoms with Crippen LogP contribution in [0.2, 0.25) is 10.0 Å². The van der Waals surface area contributed by atoms with Crippen LogP contribution in [0.4, 0.5) is 10.1 Å². The number of hydrogen-bond donors (Lipinski definition) is 1. The molecule has 132 valence electrons. The largest absolute Gasteiger partial charge is 0.323 e.